The van der Waals surface area contributed by atoms with E-state index in [2.05, 4.69) is 50.4 Å². The summed E-state index contributed by atoms with van der Waals surface area (Å²) < 4.78 is 5.93. The van der Waals surface area contributed by atoms with Gasteiger partial charge in [-0.2, -0.15) is 0 Å². The van der Waals surface area contributed by atoms with Crippen LogP contribution in [0.2, 0.25) is 0 Å². The molecule has 2 fully saturated rings. The van der Waals surface area contributed by atoms with Crippen LogP contribution < -0.4 is 5.32 Å². The molecule has 0 bridgehead atoms. The van der Waals surface area contributed by atoms with Gasteiger partial charge in [0.2, 0.25) is 0 Å². The van der Waals surface area contributed by atoms with E-state index in [1.807, 2.05) is 0 Å². The van der Waals surface area contributed by atoms with E-state index >= 15 is 0 Å². The Morgan fingerprint density at radius 3 is 2.55 bits per heavy atom. The molecule has 0 radical (unpaired) electrons. The summed E-state index contributed by atoms with van der Waals surface area (Å²) in [7, 11) is 0. The van der Waals surface area contributed by atoms with Gasteiger partial charge < -0.3 is 10.1 Å². The molecule has 2 aliphatic carbocycles. The van der Waals surface area contributed by atoms with Crippen molar-refractivity contribution < 1.29 is 4.74 Å². The van der Waals surface area contributed by atoms with Crippen LogP contribution in [0.3, 0.4) is 0 Å². The Morgan fingerprint density at radius 2 is 2.00 bits per heavy atom. The minimum absolute atomic E-state index is 0.431. The zero-order chi connectivity index (χ0) is 14.2. The fourth-order valence-electron chi connectivity index (χ4n) is 3.93. The van der Waals surface area contributed by atoms with Crippen molar-refractivity contribution in [1.29, 1.82) is 0 Å². The molecule has 1 aromatic carbocycles. The van der Waals surface area contributed by atoms with Crippen molar-refractivity contribution in [3.8, 4) is 0 Å². The SMILES string of the molecule is CCOC1CC(N[C@@H](C)c2ccc(C)cc2)C12CCC2. The molecule has 1 aromatic rings. The average Bonchev–Trinajstić information content (AvgIpc) is 2.36. The lowest BCUT2D eigenvalue weighted by Gasteiger charge is -2.61. The molecular weight excluding hydrogens is 246 g/mol. The molecule has 2 nitrogen and oxygen atoms in total. The van der Waals surface area contributed by atoms with E-state index in [0.717, 1.165) is 6.61 Å². The van der Waals surface area contributed by atoms with Gasteiger partial charge in [0.1, 0.15) is 0 Å². The lowest BCUT2D eigenvalue weighted by Crippen LogP contribution is -2.67. The standard InChI is InChI=1S/C18H27NO/c1-4-20-17-12-16(18(17)10-5-11-18)19-14(3)15-8-6-13(2)7-9-15/h6-9,14,16-17,19H,4-5,10-12H2,1-3H3/t14-,16?,17?/m0/s1. The number of hydrogen-bond donors (Lipinski definition) is 1. The minimum Gasteiger partial charge on any atom is -0.378 e. The Hall–Kier alpha value is -0.860. The van der Waals surface area contributed by atoms with Crippen LogP contribution >= 0.6 is 0 Å². The first kappa shape index (κ1) is 14.1. The quantitative estimate of drug-likeness (QED) is 0.875. The normalized spacial score (nSPS) is 28.8. The summed E-state index contributed by atoms with van der Waals surface area (Å²) in [4.78, 5) is 0. The van der Waals surface area contributed by atoms with E-state index in [9.17, 15) is 0 Å². The molecule has 0 aromatic heterocycles. The summed E-state index contributed by atoms with van der Waals surface area (Å²) in [5.74, 6) is 0. The van der Waals surface area contributed by atoms with Gasteiger partial charge in [0, 0.05) is 24.1 Å². The third kappa shape index (κ3) is 2.29. The second-order valence-electron chi connectivity index (χ2n) is 6.62. The Labute approximate surface area is 122 Å². The Bertz CT molecular complexity index is 449. The van der Waals surface area contributed by atoms with Crippen molar-refractivity contribution in [3.63, 3.8) is 0 Å². The Morgan fingerprint density at radius 1 is 1.30 bits per heavy atom. The molecular formula is C18H27NO. The van der Waals surface area contributed by atoms with Crippen molar-refractivity contribution in [2.45, 2.75) is 64.6 Å². The number of aryl methyl sites for hydroxylation is 1. The summed E-state index contributed by atoms with van der Waals surface area (Å²) in [6.45, 7) is 7.39. The van der Waals surface area contributed by atoms with Crippen LogP contribution in [0.4, 0.5) is 0 Å². The van der Waals surface area contributed by atoms with Crippen LogP contribution in [0.25, 0.3) is 0 Å². The minimum atomic E-state index is 0.431. The number of ether oxygens (including phenoxy) is 1. The number of hydrogen-bond acceptors (Lipinski definition) is 2. The average molecular weight is 273 g/mol. The zero-order valence-corrected chi connectivity index (χ0v) is 13.0. The molecule has 0 heterocycles. The van der Waals surface area contributed by atoms with Gasteiger partial charge in [0.25, 0.3) is 0 Å². The monoisotopic (exact) mass is 273 g/mol. The van der Waals surface area contributed by atoms with Crippen LogP contribution in [0, 0.1) is 12.3 Å². The highest BCUT2D eigenvalue weighted by molar-refractivity contribution is 5.24. The van der Waals surface area contributed by atoms with Crippen molar-refractivity contribution in [2.75, 3.05) is 6.61 Å². The van der Waals surface area contributed by atoms with Gasteiger partial charge in [0.15, 0.2) is 0 Å². The van der Waals surface area contributed by atoms with Crippen LogP contribution in [0.5, 0.6) is 0 Å². The maximum atomic E-state index is 5.93. The van der Waals surface area contributed by atoms with Gasteiger partial charge in [-0.3, -0.25) is 0 Å². The summed E-state index contributed by atoms with van der Waals surface area (Å²) in [6, 6.07) is 9.98. The maximum Gasteiger partial charge on any atom is 0.0661 e. The molecule has 3 rings (SSSR count). The van der Waals surface area contributed by atoms with Crippen LogP contribution in [0.15, 0.2) is 24.3 Å². The molecule has 3 atom stereocenters. The molecule has 20 heavy (non-hydrogen) atoms. The Balaban J connectivity index is 1.62. The predicted molar refractivity (Wildman–Crippen MR) is 82.8 cm³/mol. The molecule has 2 saturated carbocycles. The highest BCUT2D eigenvalue weighted by Gasteiger charge is 2.58. The number of rotatable bonds is 5. The predicted octanol–water partition coefficient (Wildman–Crippen LogP) is 3.99. The fraction of sp³-hybridized carbons (Fsp3) is 0.667. The van der Waals surface area contributed by atoms with Gasteiger partial charge in [-0.05, 0) is 45.6 Å². The molecule has 110 valence electrons. The molecule has 1 spiro atoms. The number of benzene rings is 1. The lowest BCUT2D eigenvalue weighted by atomic mass is 9.51. The second-order valence-corrected chi connectivity index (χ2v) is 6.62. The first-order valence-corrected chi connectivity index (χ1v) is 8.10. The summed E-state index contributed by atoms with van der Waals surface area (Å²) in [5, 5.41) is 3.85. The lowest BCUT2D eigenvalue weighted by molar-refractivity contribution is -0.174. The smallest absolute Gasteiger partial charge is 0.0661 e. The van der Waals surface area contributed by atoms with Crippen LogP contribution in [0.1, 0.15) is 56.7 Å². The second kappa shape index (κ2) is 5.50. The molecule has 2 unspecified atom stereocenters. The third-order valence-corrected chi connectivity index (χ3v) is 5.47. The topological polar surface area (TPSA) is 21.3 Å². The van der Waals surface area contributed by atoms with E-state index < -0.39 is 0 Å². The first-order valence-electron chi connectivity index (χ1n) is 8.10. The Kier molecular flexibility index (Phi) is 3.87. The van der Waals surface area contributed by atoms with Crippen LogP contribution in [-0.4, -0.2) is 18.8 Å². The van der Waals surface area contributed by atoms with Crippen LogP contribution in [-0.2, 0) is 4.74 Å². The number of nitrogens with one attached hydrogen (secondary N) is 1. The summed E-state index contributed by atoms with van der Waals surface area (Å²) in [6.07, 6.45) is 5.75. The van der Waals surface area contributed by atoms with E-state index in [4.69, 9.17) is 4.74 Å². The molecule has 2 aliphatic rings. The highest BCUT2D eigenvalue weighted by atomic mass is 16.5. The van der Waals surface area contributed by atoms with Gasteiger partial charge in [0.05, 0.1) is 6.10 Å². The van der Waals surface area contributed by atoms with Crippen molar-refractivity contribution in [2.24, 2.45) is 5.41 Å². The van der Waals surface area contributed by atoms with Gasteiger partial charge >= 0.3 is 0 Å². The largest absolute Gasteiger partial charge is 0.378 e. The van der Waals surface area contributed by atoms with Crippen molar-refractivity contribution in [1.82, 2.24) is 5.32 Å². The first-order chi connectivity index (χ1) is 9.65. The molecule has 1 N–H and O–H groups in total. The van der Waals surface area contributed by atoms with Gasteiger partial charge in [-0.25, -0.2) is 0 Å². The van der Waals surface area contributed by atoms with Crippen molar-refractivity contribution >= 4 is 0 Å². The van der Waals surface area contributed by atoms with Gasteiger partial charge in [-0.1, -0.05) is 36.2 Å². The summed E-state index contributed by atoms with van der Waals surface area (Å²) >= 11 is 0. The van der Waals surface area contributed by atoms with Crippen molar-refractivity contribution in [3.05, 3.63) is 35.4 Å². The van der Waals surface area contributed by atoms with E-state index in [0.29, 0.717) is 23.6 Å². The van der Waals surface area contributed by atoms with E-state index in [1.165, 1.54) is 36.8 Å². The third-order valence-electron chi connectivity index (χ3n) is 5.47. The molecule has 0 aliphatic heterocycles. The highest BCUT2D eigenvalue weighted by Crippen LogP contribution is 2.57. The fourth-order valence-corrected chi connectivity index (χ4v) is 3.93. The summed E-state index contributed by atoms with van der Waals surface area (Å²) in [5.41, 5.74) is 3.18. The van der Waals surface area contributed by atoms with Gasteiger partial charge in [-0.15, -0.1) is 0 Å². The zero-order valence-electron chi connectivity index (χ0n) is 13.0. The molecule has 0 amide bonds. The molecule has 2 heteroatoms. The van der Waals surface area contributed by atoms with E-state index in [1.54, 1.807) is 0 Å². The van der Waals surface area contributed by atoms with E-state index in [-0.39, 0.29) is 0 Å². The maximum absolute atomic E-state index is 5.93. The molecule has 0 saturated heterocycles.